The van der Waals surface area contributed by atoms with Gasteiger partial charge in [0, 0.05) is 22.9 Å². The van der Waals surface area contributed by atoms with Crippen LogP contribution < -0.4 is 0 Å². The molecule has 1 fully saturated rings. The number of nitrogens with zero attached hydrogens (tertiary/aromatic N) is 1. The summed E-state index contributed by atoms with van der Waals surface area (Å²) in [4.78, 5) is 0.361. The van der Waals surface area contributed by atoms with Crippen molar-refractivity contribution in [2.75, 3.05) is 12.4 Å². The molecule has 1 atom stereocenters. The van der Waals surface area contributed by atoms with Gasteiger partial charge in [0.05, 0.1) is 4.90 Å². The monoisotopic (exact) mass is 365 g/mol. The molecule has 0 N–H and O–H groups in total. The van der Waals surface area contributed by atoms with E-state index < -0.39 is 10.0 Å². The second-order valence-electron chi connectivity index (χ2n) is 4.70. The molecule has 19 heavy (non-hydrogen) atoms. The fourth-order valence-corrected chi connectivity index (χ4v) is 4.96. The molecule has 1 unspecified atom stereocenters. The van der Waals surface area contributed by atoms with E-state index in [-0.39, 0.29) is 6.04 Å². The molecule has 1 aliphatic rings. The summed E-state index contributed by atoms with van der Waals surface area (Å²) < 4.78 is 27.7. The second kappa shape index (κ2) is 6.57. The lowest BCUT2D eigenvalue weighted by molar-refractivity contribution is 0.368. The van der Waals surface area contributed by atoms with Crippen LogP contribution >= 0.6 is 27.5 Å². The van der Waals surface area contributed by atoms with Crippen LogP contribution in [0.25, 0.3) is 0 Å². The van der Waals surface area contributed by atoms with Crippen LogP contribution in [0, 0.1) is 0 Å². The highest BCUT2D eigenvalue weighted by Crippen LogP contribution is 2.29. The van der Waals surface area contributed by atoms with Gasteiger partial charge >= 0.3 is 0 Å². The lowest BCUT2D eigenvalue weighted by atomic mass is 10.1. The molecule has 0 radical (unpaired) electrons. The lowest BCUT2D eigenvalue weighted by Crippen LogP contribution is -2.35. The molecule has 0 bridgehead atoms. The van der Waals surface area contributed by atoms with Crippen molar-refractivity contribution >= 4 is 37.6 Å². The minimum Gasteiger partial charge on any atom is -0.207 e. The third-order valence-corrected chi connectivity index (χ3v) is 6.11. The van der Waals surface area contributed by atoms with E-state index in [1.165, 1.54) is 0 Å². The van der Waals surface area contributed by atoms with Crippen molar-refractivity contribution in [1.82, 2.24) is 4.31 Å². The van der Waals surface area contributed by atoms with E-state index >= 15 is 0 Å². The third-order valence-electron chi connectivity index (χ3n) is 3.40. The molecule has 1 aliphatic heterocycles. The average molecular weight is 367 g/mol. The summed E-state index contributed by atoms with van der Waals surface area (Å²) in [6.45, 7) is 0.613. The minimum absolute atomic E-state index is 0.0998. The van der Waals surface area contributed by atoms with Crippen LogP contribution in [-0.2, 0) is 10.0 Å². The van der Waals surface area contributed by atoms with Crippen molar-refractivity contribution in [1.29, 1.82) is 0 Å². The van der Waals surface area contributed by atoms with E-state index in [1.807, 2.05) is 6.07 Å². The molecule has 1 heterocycles. The highest BCUT2D eigenvalue weighted by molar-refractivity contribution is 9.10. The zero-order valence-corrected chi connectivity index (χ0v) is 13.7. The third kappa shape index (κ3) is 3.51. The maximum atomic E-state index is 12.6. The Bertz CT molecular complexity index is 535. The van der Waals surface area contributed by atoms with Gasteiger partial charge in [-0.3, -0.25) is 0 Å². The fourth-order valence-electron chi connectivity index (χ4n) is 2.49. The first kappa shape index (κ1) is 15.3. The molecule has 0 saturated carbocycles. The first-order valence-corrected chi connectivity index (χ1v) is 9.16. The summed E-state index contributed by atoms with van der Waals surface area (Å²) in [5.74, 6) is 0.585. The molecular weight excluding hydrogens is 350 g/mol. The number of hydrogen-bond acceptors (Lipinski definition) is 2. The summed E-state index contributed by atoms with van der Waals surface area (Å²) in [6, 6.07) is 6.99. The topological polar surface area (TPSA) is 37.4 Å². The molecule has 0 amide bonds. The van der Waals surface area contributed by atoms with Crippen LogP contribution in [0.2, 0.25) is 0 Å². The Morgan fingerprint density at radius 3 is 2.89 bits per heavy atom. The summed E-state index contributed by atoms with van der Waals surface area (Å²) >= 11 is 9.03. The van der Waals surface area contributed by atoms with Crippen LogP contribution in [0.3, 0.4) is 0 Å². The maximum absolute atomic E-state index is 12.6. The number of hydrogen-bond donors (Lipinski definition) is 0. The molecule has 0 aromatic heterocycles. The zero-order chi connectivity index (χ0) is 13.9. The highest BCUT2D eigenvalue weighted by Gasteiger charge is 2.34. The van der Waals surface area contributed by atoms with Gasteiger partial charge < -0.3 is 0 Å². The van der Waals surface area contributed by atoms with E-state index in [0.29, 0.717) is 17.3 Å². The quantitative estimate of drug-likeness (QED) is 0.746. The lowest BCUT2D eigenvalue weighted by Gasteiger charge is -2.24. The van der Waals surface area contributed by atoms with Crippen molar-refractivity contribution in [3.63, 3.8) is 0 Å². The van der Waals surface area contributed by atoms with Crippen LogP contribution in [0.15, 0.2) is 33.6 Å². The zero-order valence-electron chi connectivity index (χ0n) is 10.6. The van der Waals surface area contributed by atoms with Gasteiger partial charge in [-0.15, -0.1) is 11.6 Å². The Hall–Kier alpha value is -0.100. The van der Waals surface area contributed by atoms with Gasteiger partial charge in [-0.2, -0.15) is 4.31 Å². The molecule has 6 heteroatoms. The van der Waals surface area contributed by atoms with Gasteiger partial charge in [0.1, 0.15) is 0 Å². The molecular formula is C13H17BrClNO2S. The van der Waals surface area contributed by atoms with Crippen molar-refractivity contribution in [2.45, 2.75) is 36.6 Å². The smallest absolute Gasteiger partial charge is 0.207 e. The summed E-state index contributed by atoms with van der Waals surface area (Å²) in [7, 11) is -3.38. The van der Waals surface area contributed by atoms with Gasteiger partial charge in [-0.1, -0.05) is 22.0 Å². The number of alkyl halides is 1. The largest absolute Gasteiger partial charge is 0.243 e. The fraction of sp³-hybridized carbons (Fsp3) is 0.538. The average Bonchev–Trinajstić information content (AvgIpc) is 2.85. The Kier molecular flexibility index (Phi) is 5.29. The Balaban J connectivity index is 2.23. The Morgan fingerprint density at radius 2 is 2.21 bits per heavy atom. The first-order valence-electron chi connectivity index (χ1n) is 6.39. The van der Waals surface area contributed by atoms with E-state index in [9.17, 15) is 8.42 Å². The normalized spacial score (nSPS) is 20.8. The van der Waals surface area contributed by atoms with Gasteiger partial charge in [0.15, 0.2) is 0 Å². The molecule has 3 nitrogen and oxygen atoms in total. The molecule has 1 aromatic rings. The molecule has 0 aliphatic carbocycles. The van der Waals surface area contributed by atoms with Crippen LogP contribution in [0.4, 0.5) is 0 Å². The standard InChI is InChI=1S/C13H17BrClNO2S/c14-11-4-1-7-13(10-11)19(17,18)16-9-3-6-12(16)5-2-8-15/h1,4,7,10,12H,2-3,5-6,8-9H2. The first-order chi connectivity index (χ1) is 9.05. The number of sulfonamides is 1. The second-order valence-corrected chi connectivity index (χ2v) is 7.88. The van der Waals surface area contributed by atoms with Crippen LogP contribution in [0.5, 0.6) is 0 Å². The minimum atomic E-state index is -3.38. The predicted octanol–water partition coefficient (Wildman–Crippen LogP) is 3.62. The number of halogens is 2. The highest BCUT2D eigenvalue weighted by atomic mass is 79.9. The van der Waals surface area contributed by atoms with E-state index in [0.717, 1.165) is 30.2 Å². The van der Waals surface area contributed by atoms with Gasteiger partial charge in [-0.25, -0.2) is 8.42 Å². The Morgan fingerprint density at radius 1 is 1.42 bits per heavy atom. The molecule has 106 valence electrons. The predicted molar refractivity (Wildman–Crippen MR) is 81.0 cm³/mol. The van der Waals surface area contributed by atoms with Gasteiger partial charge in [0.25, 0.3) is 0 Å². The van der Waals surface area contributed by atoms with E-state index in [4.69, 9.17) is 11.6 Å². The summed E-state index contributed by atoms with van der Waals surface area (Å²) in [5.41, 5.74) is 0. The number of benzene rings is 1. The molecule has 1 saturated heterocycles. The summed E-state index contributed by atoms with van der Waals surface area (Å²) in [6.07, 6.45) is 3.57. The van der Waals surface area contributed by atoms with Crippen LogP contribution in [-0.4, -0.2) is 31.2 Å². The van der Waals surface area contributed by atoms with Gasteiger partial charge in [-0.05, 0) is 43.9 Å². The SMILES string of the molecule is O=S(=O)(c1cccc(Br)c1)N1CCCC1CCCCl. The Labute approximate surface area is 128 Å². The van der Waals surface area contributed by atoms with Gasteiger partial charge in [0.2, 0.25) is 10.0 Å². The molecule has 0 spiro atoms. The molecule has 2 rings (SSSR count). The van der Waals surface area contributed by atoms with Crippen molar-refractivity contribution < 1.29 is 8.42 Å². The van der Waals surface area contributed by atoms with Crippen molar-refractivity contribution in [2.24, 2.45) is 0 Å². The number of rotatable bonds is 5. The van der Waals surface area contributed by atoms with Crippen molar-refractivity contribution in [3.05, 3.63) is 28.7 Å². The van der Waals surface area contributed by atoms with E-state index in [2.05, 4.69) is 15.9 Å². The molecule has 1 aromatic carbocycles. The summed E-state index contributed by atoms with van der Waals surface area (Å²) in [5, 5.41) is 0. The maximum Gasteiger partial charge on any atom is 0.243 e. The van der Waals surface area contributed by atoms with E-state index in [1.54, 1.807) is 22.5 Å². The van der Waals surface area contributed by atoms with Crippen LogP contribution in [0.1, 0.15) is 25.7 Å². The van der Waals surface area contributed by atoms with Crippen molar-refractivity contribution in [3.8, 4) is 0 Å².